The number of hydrogen-bond donors (Lipinski definition) is 4. The van der Waals surface area contributed by atoms with Gasteiger partial charge < -0.3 is 39.7 Å². The van der Waals surface area contributed by atoms with Crippen LogP contribution in [0.2, 0.25) is 0 Å². The van der Waals surface area contributed by atoms with Crippen LogP contribution in [0.1, 0.15) is 78.5 Å². The van der Waals surface area contributed by atoms with Gasteiger partial charge in [-0.3, -0.25) is 4.79 Å². The molecule has 0 unspecified atom stereocenters. The van der Waals surface area contributed by atoms with Gasteiger partial charge in [-0.25, -0.2) is 9.78 Å². The number of alkyl carbamates (subject to hydrolysis) is 1. The highest BCUT2D eigenvalue weighted by molar-refractivity contribution is 5.78. The summed E-state index contributed by atoms with van der Waals surface area (Å²) in [6.45, 7) is 13.1. The molecule has 1 aromatic carbocycles. The molecule has 2 amide bonds. The van der Waals surface area contributed by atoms with Crippen molar-refractivity contribution >= 4 is 12.0 Å². The molecule has 0 aliphatic rings. The lowest BCUT2D eigenvalue weighted by Gasteiger charge is -2.32. The van der Waals surface area contributed by atoms with Crippen molar-refractivity contribution in [3.8, 4) is 11.5 Å². The third kappa shape index (κ3) is 14.6. The highest BCUT2D eigenvalue weighted by Gasteiger charge is 2.31. The highest BCUT2D eigenvalue weighted by atomic mass is 16.6. The van der Waals surface area contributed by atoms with Crippen LogP contribution in [0.3, 0.4) is 0 Å². The zero-order valence-electron chi connectivity index (χ0n) is 28.5. The fraction of sp³-hybridized carbons (Fsp3) is 0.676. The van der Waals surface area contributed by atoms with Crippen LogP contribution in [0.25, 0.3) is 0 Å². The molecule has 0 saturated heterocycles. The van der Waals surface area contributed by atoms with Gasteiger partial charge in [-0.15, -0.1) is 0 Å². The van der Waals surface area contributed by atoms with Crippen LogP contribution in [-0.2, 0) is 27.1 Å². The van der Waals surface area contributed by atoms with Crippen molar-refractivity contribution in [3.05, 3.63) is 42.0 Å². The number of aromatic nitrogens is 2. The first-order valence-electron chi connectivity index (χ1n) is 16.0. The number of imidazole rings is 1. The molecule has 1 aromatic heterocycles. The van der Waals surface area contributed by atoms with Crippen LogP contribution >= 0.6 is 0 Å². The first-order valence-corrected chi connectivity index (χ1v) is 16.0. The number of aliphatic hydroxyl groups is 1. The van der Waals surface area contributed by atoms with Gasteiger partial charge in [-0.1, -0.05) is 26.8 Å². The number of carbonyl (C=O) groups is 2. The van der Waals surface area contributed by atoms with E-state index in [1.807, 2.05) is 18.2 Å². The van der Waals surface area contributed by atoms with E-state index >= 15 is 0 Å². The van der Waals surface area contributed by atoms with E-state index in [1.165, 1.54) is 0 Å². The summed E-state index contributed by atoms with van der Waals surface area (Å²) < 4.78 is 22.2. The lowest BCUT2D eigenvalue weighted by molar-refractivity contribution is -0.125. The molecule has 0 bridgehead atoms. The maximum Gasteiger partial charge on any atom is 0.407 e. The predicted molar refractivity (Wildman–Crippen MR) is 174 cm³/mol. The van der Waals surface area contributed by atoms with Crippen LogP contribution < -0.4 is 20.1 Å². The Balaban J connectivity index is 2.12. The predicted octanol–water partition coefficient (Wildman–Crippen LogP) is 5.07. The summed E-state index contributed by atoms with van der Waals surface area (Å²) in [5, 5.41) is 17.3. The smallest absolute Gasteiger partial charge is 0.407 e. The second-order valence-electron chi connectivity index (χ2n) is 13.1. The number of carbonyl (C=O) groups excluding carboxylic acids is 2. The molecular formula is C34H56N4O7. The zero-order valence-corrected chi connectivity index (χ0v) is 28.5. The lowest BCUT2D eigenvalue weighted by Crippen LogP contribution is -2.48. The van der Waals surface area contributed by atoms with E-state index in [9.17, 15) is 14.7 Å². The molecule has 0 saturated carbocycles. The van der Waals surface area contributed by atoms with Crippen molar-refractivity contribution in [2.24, 2.45) is 17.8 Å². The number of aromatic amines is 1. The van der Waals surface area contributed by atoms with Gasteiger partial charge >= 0.3 is 6.09 Å². The Morgan fingerprint density at radius 3 is 2.42 bits per heavy atom. The van der Waals surface area contributed by atoms with Crippen LogP contribution in [0.5, 0.6) is 11.5 Å². The molecule has 1 heterocycles. The summed E-state index contributed by atoms with van der Waals surface area (Å²) in [4.78, 5) is 32.8. The van der Waals surface area contributed by atoms with Crippen molar-refractivity contribution in [1.29, 1.82) is 0 Å². The van der Waals surface area contributed by atoms with Crippen LogP contribution in [0.15, 0.2) is 30.7 Å². The fourth-order valence-electron chi connectivity index (χ4n) is 5.06. The number of aliphatic hydroxyl groups excluding tert-OH is 1. The van der Waals surface area contributed by atoms with Crippen molar-refractivity contribution in [3.63, 3.8) is 0 Å². The Hall–Kier alpha value is -3.31. The standard InChI is InChI=1S/C34H56N4O7/c1-23(2)26(18-25-12-13-30(43-8)31(19-25)44-16-10-15-42-7)20-28(38-33(41)45-34(4,5)6)29(39)17-24(3)32(40)36-14-9-11-27-21-35-22-37-27/h12-13,19,21-24,26,28-29,39H,9-11,14-18,20H2,1-8H3,(H,35,37)(H,36,40)(H,38,41)/t24-,26+,28+,29+/m1/s1. The van der Waals surface area contributed by atoms with Crippen molar-refractivity contribution in [2.45, 2.75) is 97.8 Å². The minimum Gasteiger partial charge on any atom is -0.493 e. The SMILES string of the molecule is COCCCOc1cc(C[C@@H](C[C@H](NC(=O)OC(C)(C)C)[C@@H](O)C[C@@H](C)C(=O)NCCCc2cnc[nH]2)C(C)C)ccc1OC. The second-order valence-corrected chi connectivity index (χ2v) is 13.1. The number of H-pyrrole nitrogens is 1. The molecule has 0 radical (unpaired) electrons. The van der Waals surface area contributed by atoms with Crippen molar-refractivity contribution < 1.29 is 33.6 Å². The molecule has 0 aliphatic heterocycles. The number of nitrogens with one attached hydrogen (secondary N) is 3. The third-order valence-electron chi connectivity index (χ3n) is 7.66. The minimum absolute atomic E-state index is 0.0981. The number of rotatable bonds is 20. The summed E-state index contributed by atoms with van der Waals surface area (Å²) in [6, 6.07) is 5.29. The van der Waals surface area contributed by atoms with Gasteiger partial charge in [0.1, 0.15) is 5.60 Å². The molecule has 0 spiro atoms. The van der Waals surface area contributed by atoms with Crippen molar-refractivity contribution in [1.82, 2.24) is 20.6 Å². The maximum absolute atomic E-state index is 12.9. The number of benzene rings is 1. The largest absolute Gasteiger partial charge is 0.493 e. The summed E-state index contributed by atoms with van der Waals surface area (Å²) in [6.07, 6.45) is 5.55. The number of nitrogens with zero attached hydrogens (tertiary/aromatic N) is 1. The molecule has 45 heavy (non-hydrogen) atoms. The molecule has 0 fully saturated rings. The molecule has 4 atom stereocenters. The Kier molecular flexibility index (Phi) is 16.2. The molecular weight excluding hydrogens is 576 g/mol. The van der Waals surface area contributed by atoms with Gasteiger partial charge in [0.25, 0.3) is 0 Å². The monoisotopic (exact) mass is 632 g/mol. The third-order valence-corrected chi connectivity index (χ3v) is 7.66. The van der Waals surface area contributed by atoms with E-state index in [1.54, 1.807) is 54.4 Å². The Morgan fingerprint density at radius 2 is 1.80 bits per heavy atom. The lowest BCUT2D eigenvalue weighted by atomic mass is 9.82. The quantitative estimate of drug-likeness (QED) is 0.148. The Bertz CT molecular complexity index is 1130. The molecule has 11 heteroatoms. The van der Waals surface area contributed by atoms with Gasteiger partial charge in [0.2, 0.25) is 5.91 Å². The topological polar surface area (TPSA) is 144 Å². The molecule has 2 aromatic rings. The second kappa shape index (κ2) is 19.3. The maximum atomic E-state index is 12.9. The number of amides is 2. The van der Waals surface area contributed by atoms with E-state index in [-0.39, 0.29) is 24.2 Å². The van der Waals surface area contributed by atoms with Gasteiger partial charge in [-0.2, -0.15) is 0 Å². The number of aryl methyl sites for hydroxylation is 1. The van der Waals surface area contributed by atoms with Crippen molar-refractivity contribution in [2.75, 3.05) is 34.0 Å². The number of ether oxygens (including phenoxy) is 4. The van der Waals surface area contributed by atoms with Crippen LogP contribution in [0.4, 0.5) is 4.79 Å². The van der Waals surface area contributed by atoms with Gasteiger partial charge in [-0.05, 0) is 82.4 Å². The fourth-order valence-corrected chi connectivity index (χ4v) is 5.06. The van der Waals surface area contributed by atoms with Gasteiger partial charge in [0, 0.05) is 44.5 Å². The molecule has 0 aliphatic carbocycles. The van der Waals surface area contributed by atoms with E-state index in [2.05, 4.69) is 34.4 Å². The average Bonchev–Trinajstić information content (AvgIpc) is 3.49. The van der Waals surface area contributed by atoms with Crippen LogP contribution in [0, 0.1) is 17.8 Å². The van der Waals surface area contributed by atoms with E-state index < -0.39 is 29.8 Å². The highest BCUT2D eigenvalue weighted by Crippen LogP contribution is 2.32. The number of hydrogen-bond acceptors (Lipinski definition) is 8. The van der Waals surface area contributed by atoms with Crippen LogP contribution in [-0.4, -0.2) is 78.8 Å². The van der Waals surface area contributed by atoms with Gasteiger partial charge in [0.05, 0.1) is 32.2 Å². The zero-order chi connectivity index (χ0) is 33.4. The van der Waals surface area contributed by atoms with E-state index in [4.69, 9.17) is 18.9 Å². The number of methoxy groups -OCH3 is 2. The average molecular weight is 633 g/mol. The Labute approximate surface area is 269 Å². The molecule has 11 nitrogen and oxygen atoms in total. The van der Waals surface area contributed by atoms with E-state index in [0.29, 0.717) is 44.1 Å². The summed E-state index contributed by atoms with van der Waals surface area (Å²) >= 11 is 0. The Morgan fingerprint density at radius 1 is 1.04 bits per heavy atom. The normalized spacial score (nSPS) is 14.4. The first kappa shape index (κ1) is 37.9. The molecule has 4 N–H and O–H groups in total. The molecule has 2 rings (SSSR count). The van der Waals surface area contributed by atoms with E-state index in [0.717, 1.165) is 30.5 Å². The summed E-state index contributed by atoms with van der Waals surface area (Å²) in [7, 11) is 3.28. The van der Waals surface area contributed by atoms with Gasteiger partial charge in [0.15, 0.2) is 11.5 Å². The first-order chi connectivity index (χ1) is 21.3. The molecule has 254 valence electrons. The summed E-state index contributed by atoms with van der Waals surface area (Å²) in [5.41, 5.74) is 1.39. The summed E-state index contributed by atoms with van der Waals surface area (Å²) in [5.74, 6) is 1.08. The minimum atomic E-state index is -0.958.